The fourth-order valence-corrected chi connectivity index (χ4v) is 4.19. The van der Waals surface area contributed by atoms with Gasteiger partial charge < -0.3 is 10.1 Å². The number of fused-ring (bicyclic) bond motifs is 1. The lowest BCUT2D eigenvalue weighted by Gasteiger charge is -2.27. The van der Waals surface area contributed by atoms with E-state index in [-0.39, 0.29) is 0 Å². The summed E-state index contributed by atoms with van der Waals surface area (Å²) in [7, 11) is 0. The first-order valence-corrected chi connectivity index (χ1v) is 10.4. The van der Waals surface area contributed by atoms with Gasteiger partial charge in [0.2, 0.25) is 0 Å². The van der Waals surface area contributed by atoms with Crippen LogP contribution in [0.15, 0.2) is 46.9 Å². The Morgan fingerprint density at radius 2 is 2.00 bits per heavy atom. The number of hydrogen-bond donors (Lipinski definition) is 1. The third kappa shape index (κ3) is 4.05. The Morgan fingerprint density at radius 3 is 2.76 bits per heavy atom. The Kier molecular flexibility index (Phi) is 5.34. The van der Waals surface area contributed by atoms with Crippen LogP contribution in [0.1, 0.15) is 25.7 Å². The second kappa shape index (κ2) is 7.85. The van der Waals surface area contributed by atoms with E-state index in [1.807, 2.05) is 0 Å². The number of halogens is 1. The van der Waals surface area contributed by atoms with Gasteiger partial charge >= 0.3 is 0 Å². The fraction of sp³-hybridized carbons (Fsp3) is 0.350. The molecule has 0 aliphatic carbocycles. The topological polar surface area (TPSA) is 34.1 Å². The summed E-state index contributed by atoms with van der Waals surface area (Å²) in [5.74, 6) is 0.945. The average molecular weight is 417 g/mol. The van der Waals surface area contributed by atoms with Crippen molar-refractivity contribution in [2.45, 2.75) is 31.7 Å². The van der Waals surface area contributed by atoms with E-state index in [0.717, 1.165) is 40.5 Å². The normalized spacial score (nSPS) is 16.8. The monoisotopic (exact) mass is 416 g/mol. The van der Waals surface area contributed by atoms with Gasteiger partial charge in [-0.15, -0.1) is 0 Å². The minimum absolute atomic E-state index is 0.755. The molecular formula is C20H21BrN2OS. The van der Waals surface area contributed by atoms with E-state index in [9.17, 15) is 0 Å². The minimum Gasteiger partial charge on any atom is -0.494 e. The smallest absolute Gasteiger partial charge is 0.120 e. The van der Waals surface area contributed by atoms with Crippen LogP contribution in [0.5, 0.6) is 5.75 Å². The van der Waals surface area contributed by atoms with E-state index in [4.69, 9.17) is 4.74 Å². The molecule has 3 aromatic rings. The molecule has 3 nitrogen and oxygen atoms in total. The van der Waals surface area contributed by atoms with Crippen molar-refractivity contribution in [2.24, 2.45) is 0 Å². The Balaban J connectivity index is 1.38. The van der Waals surface area contributed by atoms with Crippen LogP contribution in [0.25, 0.3) is 21.3 Å². The van der Waals surface area contributed by atoms with Crippen LogP contribution in [0.3, 0.4) is 0 Å². The van der Waals surface area contributed by atoms with Gasteiger partial charge in [-0.25, -0.2) is 0 Å². The molecule has 2 heterocycles. The van der Waals surface area contributed by atoms with Gasteiger partial charge in [0, 0.05) is 21.5 Å². The van der Waals surface area contributed by atoms with Crippen molar-refractivity contribution in [3.8, 4) is 17.0 Å². The van der Waals surface area contributed by atoms with Crippen molar-refractivity contribution in [2.75, 3.05) is 13.2 Å². The van der Waals surface area contributed by atoms with Gasteiger partial charge in [0.05, 0.1) is 17.0 Å². The predicted octanol–water partition coefficient (Wildman–Crippen LogP) is 5.64. The maximum atomic E-state index is 5.93. The Bertz CT molecular complexity index is 843. The molecule has 0 amide bonds. The first kappa shape index (κ1) is 17.0. The van der Waals surface area contributed by atoms with Crippen molar-refractivity contribution in [3.63, 3.8) is 0 Å². The number of unbranched alkanes of at least 4 members (excludes halogenated alkanes) is 1. The number of hydrogen-bond acceptors (Lipinski definition) is 4. The van der Waals surface area contributed by atoms with Gasteiger partial charge in [0.1, 0.15) is 5.75 Å². The zero-order valence-electron chi connectivity index (χ0n) is 14.0. The summed E-state index contributed by atoms with van der Waals surface area (Å²) in [5, 5.41) is 4.63. The van der Waals surface area contributed by atoms with Crippen LogP contribution in [0, 0.1) is 0 Å². The first-order chi connectivity index (χ1) is 12.3. The molecule has 0 saturated carbocycles. The molecule has 5 heteroatoms. The molecule has 2 aromatic carbocycles. The highest BCUT2D eigenvalue weighted by molar-refractivity contribution is 9.10. The van der Waals surface area contributed by atoms with E-state index in [2.05, 4.69) is 68.1 Å². The molecule has 0 bridgehead atoms. The first-order valence-electron chi connectivity index (χ1n) is 8.81. The Morgan fingerprint density at radius 1 is 1.16 bits per heavy atom. The van der Waals surface area contributed by atoms with Gasteiger partial charge in [-0.1, -0.05) is 28.1 Å². The summed E-state index contributed by atoms with van der Waals surface area (Å²) in [6.07, 6.45) is 4.95. The van der Waals surface area contributed by atoms with Crippen LogP contribution in [0.4, 0.5) is 0 Å². The molecule has 1 fully saturated rings. The van der Waals surface area contributed by atoms with E-state index in [1.165, 1.54) is 47.4 Å². The minimum atomic E-state index is 0.755. The Hall–Kier alpha value is -1.43. The maximum Gasteiger partial charge on any atom is 0.120 e. The van der Waals surface area contributed by atoms with E-state index < -0.39 is 0 Å². The summed E-state index contributed by atoms with van der Waals surface area (Å²) >= 11 is 5.02. The molecule has 0 radical (unpaired) electrons. The summed E-state index contributed by atoms with van der Waals surface area (Å²) in [6, 6.07) is 15.4. The van der Waals surface area contributed by atoms with E-state index in [1.54, 1.807) is 0 Å². The largest absolute Gasteiger partial charge is 0.494 e. The van der Waals surface area contributed by atoms with Crippen molar-refractivity contribution >= 4 is 37.5 Å². The summed E-state index contributed by atoms with van der Waals surface area (Å²) in [4.78, 5) is 0. The lowest BCUT2D eigenvalue weighted by atomic mass is 10.0. The second-order valence-electron chi connectivity index (χ2n) is 6.48. The van der Waals surface area contributed by atoms with Crippen molar-refractivity contribution in [1.29, 1.82) is 0 Å². The lowest BCUT2D eigenvalue weighted by molar-refractivity contribution is 0.287. The molecule has 1 aliphatic rings. The van der Waals surface area contributed by atoms with Crippen LogP contribution in [0.2, 0.25) is 0 Å². The number of nitrogens with zero attached hydrogens (tertiary/aromatic N) is 1. The third-order valence-electron chi connectivity index (χ3n) is 4.70. The van der Waals surface area contributed by atoms with Gasteiger partial charge in [0.25, 0.3) is 0 Å². The van der Waals surface area contributed by atoms with Gasteiger partial charge in [-0.2, -0.15) is 4.37 Å². The van der Waals surface area contributed by atoms with Crippen LogP contribution in [-0.4, -0.2) is 23.6 Å². The number of benzene rings is 2. The predicted molar refractivity (Wildman–Crippen MR) is 109 cm³/mol. The highest BCUT2D eigenvalue weighted by Crippen LogP contribution is 2.33. The van der Waals surface area contributed by atoms with E-state index >= 15 is 0 Å². The molecule has 1 aromatic heterocycles. The highest BCUT2D eigenvalue weighted by atomic mass is 79.9. The summed E-state index contributed by atoms with van der Waals surface area (Å²) < 4.78 is 12.8. The molecule has 1 N–H and O–H groups in total. The molecule has 1 atom stereocenters. The average Bonchev–Trinajstić information content (AvgIpc) is 3.00. The fourth-order valence-electron chi connectivity index (χ4n) is 3.10. The quantitative estimate of drug-likeness (QED) is 0.506. The molecule has 130 valence electrons. The van der Waals surface area contributed by atoms with Crippen molar-refractivity contribution < 1.29 is 4.74 Å². The number of ether oxygens (including phenoxy) is 1. The van der Waals surface area contributed by atoms with Crippen LogP contribution < -0.4 is 10.1 Å². The van der Waals surface area contributed by atoms with E-state index in [0.29, 0.717) is 0 Å². The molecule has 1 unspecified atom stereocenters. The second-order valence-corrected chi connectivity index (χ2v) is 8.20. The summed E-state index contributed by atoms with van der Waals surface area (Å²) in [5.41, 5.74) is 2.19. The zero-order valence-corrected chi connectivity index (χ0v) is 16.4. The molecule has 4 rings (SSSR count). The van der Waals surface area contributed by atoms with Gasteiger partial charge in [-0.3, -0.25) is 0 Å². The Labute approximate surface area is 160 Å². The number of nitrogens with one attached hydrogen (secondary N) is 1. The SMILES string of the molecule is Brc1ccc(-c2nsc3cc(OCCCCC4CCN4)ccc23)cc1. The standard InChI is InChI=1S/C20H21BrN2OS/c21-15-6-4-14(5-7-15)20-18-9-8-17(13-19(18)25-23-20)24-12-2-1-3-16-10-11-22-16/h4-9,13,16,22H,1-3,10-12H2. The molecule has 0 spiro atoms. The van der Waals surface area contributed by atoms with Crippen molar-refractivity contribution in [3.05, 3.63) is 46.9 Å². The van der Waals surface area contributed by atoms with Crippen LogP contribution in [-0.2, 0) is 0 Å². The lowest BCUT2D eigenvalue weighted by Crippen LogP contribution is -2.42. The third-order valence-corrected chi connectivity index (χ3v) is 6.04. The number of rotatable bonds is 7. The molecular weight excluding hydrogens is 396 g/mol. The number of aromatic nitrogens is 1. The molecule has 1 saturated heterocycles. The van der Waals surface area contributed by atoms with Crippen molar-refractivity contribution in [1.82, 2.24) is 9.69 Å². The maximum absolute atomic E-state index is 5.93. The molecule has 1 aliphatic heterocycles. The van der Waals surface area contributed by atoms with Gasteiger partial charge in [-0.05, 0) is 74.1 Å². The molecule has 25 heavy (non-hydrogen) atoms. The summed E-state index contributed by atoms with van der Waals surface area (Å²) in [6.45, 7) is 1.98. The van der Waals surface area contributed by atoms with Crippen LogP contribution >= 0.6 is 27.5 Å². The zero-order chi connectivity index (χ0) is 17.1. The van der Waals surface area contributed by atoms with Gasteiger partial charge in [0.15, 0.2) is 0 Å². The highest BCUT2D eigenvalue weighted by Gasteiger charge is 2.15.